The first-order valence-electron chi connectivity index (χ1n) is 5.47. The minimum absolute atomic E-state index is 0.0991. The van der Waals surface area contributed by atoms with Crippen LogP contribution in [0.25, 0.3) is 0 Å². The third-order valence-corrected chi connectivity index (χ3v) is 2.49. The summed E-state index contributed by atoms with van der Waals surface area (Å²) in [6.07, 6.45) is 0.945. The average molecular weight is 242 g/mol. The first kappa shape index (κ1) is 13.6. The molecule has 0 fully saturated rings. The minimum Gasteiger partial charge on any atom is -0.370 e. The molecule has 17 heavy (non-hydrogen) atoms. The minimum atomic E-state index is -0.853. The van der Waals surface area contributed by atoms with Crippen LogP contribution in [0.4, 0.5) is 8.78 Å². The van der Waals surface area contributed by atoms with E-state index in [1.54, 1.807) is 0 Å². The summed E-state index contributed by atoms with van der Waals surface area (Å²) in [7, 11) is 0. The van der Waals surface area contributed by atoms with E-state index in [4.69, 9.17) is 5.73 Å². The van der Waals surface area contributed by atoms with Crippen LogP contribution in [0.3, 0.4) is 0 Å². The molecule has 0 aromatic heterocycles. The standard InChI is InChI=1S/C12H16F2N2O/c1-8(16-6-2-3-12(15)17)9-4-5-10(13)11(14)7-9/h4-5,7-8,16H,2-3,6H2,1H3,(H2,15,17). The Balaban J connectivity index is 2.44. The molecule has 0 saturated carbocycles. The van der Waals surface area contributed by atoms with E-state index in [2.05, 4.69) is 5.32 Å². The van der Waals surface area contributed by atoms with Crippen LogP contribution in [-0.2, 0) is 4.79 Å². The van der Waals surface area contributed by atoms with Crippen LogP contribution in [0.15, 0.2) is 18.2 Å². The summed E-state index contributed by atoms with van der Waals surface area (Å²) in [5, 5.41) is 3.10. The SMILES string of the molecule is CC(NCCCC(N)=O)c1ccc(F)c(F)c1. The van der Waals surface area contributed by atoms with Gasteiger partial charge in [-0.05, 0) is 37.6 Å². The molecule has 0 aliphatic heterocycles. The van der Waals surface area contributed by atoms with Crippen molar-refractivity contribution in [3.8, 4) is 0 Å². The van der Waals surface area contributed by atoms with Crippen molar-refractivity contribution in [2.45, 2.75) is 25.8 Å². The Kier molecular flexibility index (Phi) is 5.03. The van der Waals surface area contributed by atoms with E-state index >= 15 is 0 Å². The molecule has 0 heterocycles. The third kappa shape index (κ3) is 4.48. The Morgan fingerprint density at radius 1 is 1.41 bits per heavy atom. The molecule has 1 aromatic rings. The average Bonchev–Trinajstić information content (AvgIpc) is 2.27. The van der Waals surface area contributed by atoms with Gasteiger partial charge in [-0.25, -0.2) is 8.78 Å². The fourth-order valence-electron chi connectivity index (χ4n) is 1.48. The second-order valence-electron chi connectivity index (χ2n) is 3.92. The lowest BCUT2D eigenvalue weighted by Crippen LogP contribution is -2.21. The zero-order valence-corrected chi connectivity index (χ0v) is 9.67. The zero-order chi connectivity index (χ0) is 12.8. The van der Waals surface area contributed by atoms with Gasteiger partial charge in [-0.3, -0.25) is 4.79 Å². The number of carbonyl (C=O) groups excluding carboxylic acids is 1. The van der Waals surface area contributed by atoms with Crippen molar-refractivity contribution in [2.24, 2.45) is 5.73 Å². The number of nitrogens with one attached hydrogen (secondary N) is 1. The van der Waals surface area contributed by atoms with Gasteiger partial charge in [0.15, 0.2) is 11.6 Å². The lowest BCUT2D eigenvalue weighted by molar-refractivity contribution is -0.118. The molecule has 1 atom stereocenters. The molecule has 3 N–H and O–H groups in total. The molecule has 94 valence electrons. The number of amides is 1. The highest BCUT2D eigenvalue weighted by molar-refractivity contribution is 5.73. The van der Waals surface area contributed by atoms with Gasteiger partial charge in [0.25, 0.3) is 0 Å². The monoisotopic (exact) mass is 242 g/mol. The highest BCUT2D eigenvalue weighted by Crippen LogP contribution is 2.15. The van der Waals surface area contributed by atoms with E-state index < -0.39 is 11.6 Å². The fourth-order valence-corrected chi connectivity index (χ4v) is 1.48. The van der Waals surface area contributed by atoms with Crippen LogP contribution in [-0.4, -0.2) is 12.5 Å². The normalized spacial score (nSPS) is 12.4. The summed E-state index contributed by atoms with van der Waals surface area (Å²) in [6.45, 7) is 2.44. The van der Waals surface area contributed by atoms with Crippen molar-refractivity contribution in [2.75, 3.05) is 6.54 Å². The van der Waals surface area contributed by atoms with E-state index in [-0.39, 0.29) is 11.9 Å². The van der Waals surface area contributed by atoms with Crippen molar-refractivity contribution in [3.63, 3.8) is 0 Å². The van der Waals surface area contributed by atoms with E-state index in [1.165, 1.54) is 12.1 Å². The van der Waals surface area contributed by atoms with E-state index in [1.807, 2.05) is 6.92 Å². The molecule has 0 aliphatic rings. The Labute approximate surface area is 99.0 Å². The first-order chi connectivity index (χ1) is 8.00. The molecular formula is C12H16F2N2O. The lowest BCUT2D eigenvalue weighted by atomic mass is 10.1. The number of carbonyl (C=O) groups is 1. The molecule has 5 heteroatoms. The van der Waals surface area contributed by atoms with Crippen LogP contribution < -0.4 is 11.1 Å². The van der Waals surface area contributed by atoms with Gasteiger partial charge >= 0.3 is 0 Å². The second kappa shape index (κ2) is 6.30. The van der Waals surface area contributed by atoms with Crippen LogP contribution in [0, 0.1) is 11.6 Å². The van der Waals surface area contributed by atoms with Gasteiger partial charge in [0.1, 0.15) is 0 Å². The molecule has 0 aliphatic carbocycles. The molecular weight excluding hydrogens is 226 g/mol. The number of halogens is 2. The Hall–Kier alpha value is -1.49. The summed E-state index contributed by atoms with van der Waals surface area (Å²) >= 11 is 0. The van der Waals surface area contributed by atoms with Crippen LogP contribution in [0.2, 0.25) is 0 Å². The molecule has 1 unspecified atom stereocenters. The Morgan fingerprint density at radius 3 is 2.71 bits per heavy atom. The highest BCUT2D eigenvalue weighted by atomic mass is 19.2. The number of hydrogen-bond donors (Lipinski definition) is 2. The Morgan fingerprint density at radius 2 is 2.12 bits per heavy atom. The van der Waals surface area contributed by atoms with Gasteiger partial charge in [-0.1, -0.05) is 6.07 Å². The van der Waals surface area contributed by atoms with E-state index in [0.29, 0.717) is 24.9 Å². The number of hydrogen-bond acceptors (Lipinski definition) is 2. The predicted octanol–water partition coefficient (Wildman–Crippen LogP) is 1.88. The molecule has 1 rings (SSSR count). The van der Waals surface area contributed by atoms with Gasteiger partial charge in [0.05, 0.1) is 0 Å². The first-order valence-corrected chi connectivity index (χ1v) is 5.47. The van der Waals surface area contributed by atoms with E-state index in [9.17, 15) is 13.6 Å². The second-order valence-corrected chi connectivity index (χ2v) is 3.92. The maximum atomic E-state index is 13.0. The van der Waals surface area contributed by atoms with Crippen LogP contribution in [0.5, 0.6) is 0 Å². The topological polar surface area (TPSA) is 55.1 Å². The maximum absolute atomic E-state index is 13.0. The van der Waals surface area contributed by atoms with Crippen molar-refractivity contribution in [3.05, 3.63) is 35.4 Å². The highest BCUT2D eigenvalue weighted by Gasteiger charge is 2.08. The van der Waals surface area contributed by atoms with Gasteiger partial charge in [-0.15, -0.1) is 0 Å². The summed E-state index contributed by atoms with van der Waals surface area (Å²) in [5.74, 6) is -2.05. The van der Waals surface area contributed by atoms with Crippen LogP contribution >= 0.6 is 0 Å². The molecule has 0 saturated heterocycles. The van der Waals surface area contributed by atoms with E-state index in [0.717, 1.165) is 6.07 Å². The van der Waals surface area contributed by atoms with Crippen molar-refractivity contribution in [1.29, 1.82) is 0 Å². The smallest absolute Gasteiger partial charge is 0.217 e. The number of nitrogens with two attached hydrogens (primary N) is 1. The summed E-state index contributed by atoms with van der Waals surface area (Å²) < 4.78 is 25.7. The predicted molar refractivity (Wildman–Crippen MR) is 61.2 cm³/mol. The van der Waals surface area contributed by atoms with Crippen molar-refractivity contribution in [1.82, 2.24) is 5.32 Å². The third-order valence-electron chi connectivity index (χ3n) is 2.49. The maximum Gasteiger partial charge on any atom is 0.217 e. The molecule has 0 bridgehead atoms. The summed E-state index contributed by atoms with van der Waals surface area (Å²) in [4.78, 5) is 10.5. The van der Waals surface area contributed by atoms with Crippen molar-refractivity contribution < 1.29 is 13.6 Å². The van der Waals surface area contributed by atoms with Gasteiger partial charge in [0.2, 0.25) is 5.91 Å². The Bertz CT molecular complexity index is 396. The molecule has 3 nitrogen and oxygen atoms in total. The fraction of sp³-hybridized carbons (Fsp3) is 0.417. The van der Waals surface area contributed by atoms with Gasteiger partial charge in [-0.2, -0.15) is 0 Å². The number of rotatable bonds is 6. The quantitative estimate of drug-likeness (QED) is 0.748. The molecule has 0 radical (unpaired) electrons. The zero-order valence-electron chi connectivity index (χ0n) is 9.67. The largest absolute Gasteiger partial charge is 0.370 e. The van der Waals surface area contributed by atoms with Crippen LogP contribution in [0.1, 0.15) is 31.4 Å². The molecule has 1 aromatic carbocycles. The number of primary amides is 1. The van der Waals surface area contributed by atoms with Gasteiger partial charge in [0, 0.05) is 12.5 Å². The summed E-state index contributed by atoms with van der Waals surface area (Å²) in [5.41, 5.74) is 5.67. The lowest BCUT2D eigenvalue weighted by Gasteiger charge is -2.14. The molecule has 0 spiro atoms. The van der Waals surface area contributed by atoms with Gasteiger partial charge < -0.3 is 11.1 Å². The molecule has 1 amide bonds. The van der Waals surface area contributed by atoms with Crippen molar-refractivity contribution >= 4 is 5.91 Å². The summed E-state index contributed by atoms with van der Waals surface area (Å²) in [6, 6.07) is 3.70. The number of benzene rings is 1.